The van der Waals surface area contributed by atoms with Gasteiger partial charge < -0.3 is 10.2 Å². The Morgan fingerprint density at radius 1 is 1.21 bits per heavy atom. The highest BCUT2D eigenvalue weighted by atomic mass is 32.2. The molecule has 1 N–H and O–H groups in total. The number of likely N-dealkylation sites (N-methyl/N-ethyl adjacent to an activating group) is 1. The van der Waals surface area contributed by atoms with E-state index in [0.29, 0.717) is 24.4 Å². The van der Waals surface area contributed by atoms with Crippen molar-refractivity contribution in [2.75, 3.05) is 24.2 Å². The maximum absolute atomic E-state index is 12.8. The van der Waals surface area contributed by atoms with Gasteiger partial charge in [0, 0.05) is 23.5 Å². The van der Waals surface area contributed by atoms with Gasteiger partial charge in [-0.05, 0) is 37.1 Å². The molecule has 2 amide bonds. The largest absolute Gasteiger partial charge is 0.339 e. The Bertz CT molecular complexity index is 746. The molecule has 4 nitrogen and oxygen atoms in total. The summed E-state index contributed by atoms with van der Waals surface area (Å²) in [7, 11) is 0. The van der Waals surface area contributed by atoms with E-state index in [2.05, 4.69) is 17.4 Å². The first-order valence-corrected chi connectivity index (χ1v) is 9.06. The lowest BCUT2D eigenvalue weighted by Gasteiger charge is -2.22. The molecule has 124 valence electrons. The number of fused-ring (bicyclic) bond motifs is 1. The molecule has 1 aliphatic rings. The summed E-state index contributed by atoms with van der Waals surface area (Å²) in [4.78, 5) is 27.2. The third-order valence-electron chi connectivity index (χ3n) is 4.04. The molecule has 0 aliphatic carbocycles. The molecule has 2 aromatic carbocycles. The van der Waals surface area contributed by atoms with E-state index in [1.807, 2.05) is 42.2 Å². The summed E-state index contributed by atoms with van der Waals surface area (Å²) in [6, 6.07) is 15.7. The predicted octanol–water partition coefficient (Wildman–Crippen LogP) is 3.44. The molecule has 5 heteroatoms. The molecule has 24 heavy (non-hydrogen) atoms. The van der Waals surface area contributed by atoms with Crippen LogP contribution in [0.4, 0.5) is 5.69 Å². The number of nitrogens with one attached hydrogen (secondary N) is 1. The van der Waals surface area contributed by atoms with Gasteiger partial charge in [-0.25, -0.2) is 0 Å². The minimum Gasteiger partial charge on any atom is -0.339 e. The van der Waals surface area contributed by atoms with E-state index in [1.165, 1.54) is 17.3 Å². The predicted molar refractivity (Wildman–Crippen MR) is 97.5 cm³/mol. The molecule has 1 aliphatic heterocycles. The molecule has 0 fully saturated rings. The highest BCUT2D eigenvalue weighted by Crippen LogP contribution is 2.32. The van der Waals surface area contributed by atoms with Gasteiger partial charge in [0.2, 0.25) is 5.91 Å². The number of nitrogens with zero attached hydrogens (tertiary/aromatic N) is 1. The third-order valence-corrected chi connectivity index (χ3v) is 5.12. The molecule has 2 aromatic rings. The first-order valence-electron chi connectivity index (χ1n) is 8.07. The van der Waals surface area contributed by atoms with Crippen molar-refractivity contribution in [2.24, 2.45) is 0 Å². The molecule has 0 unspecified atom stereocenters. The molecule has 0 atom stereocenters. The Kier molecular flexibility index (Phi) is 5.20. The smallest absolute Gasteiger partial charge is 0.253 e. The van der Waals surface area contributed by atoms with Crippen LogP contribution in [0.15, 0.2) is 53.4 Å². The Hall–Kier alpha value is -2.27. The summed E-state index contributed by atoms with van der Waals surface area (Å²) >= 11 is 1.50. The van der Waals surface area contributed by atoms with Crippen molar-refractivity contribution in [3.8, 4) is 0 Å². The fourth-order valence-electron chi connectivity index (χ4n) is 2.71. The number of carbonyl (C=O) groups is 2. The van der Waals surface area contributed by atoms with E-state index >= 15 is 0 Å². The van der Waals surface area contributed by atoms with Gasteiger partial charge in [-0.1, -0.05) is 30.3 Å². The first kappa shape index (κ1) is 16.6. The van der Waals surface area contributed by atoms with Crippen LogP contribution in [-0.2, 0) is 11.2 Å². The first-order chi connectivity index (χ1) is 11.7. The molecule has 0 bridgehead atoms. The Morgan fingerprint density at radius 3 is 2.75 bits per heavy atom. The molecule has 0 saturated heterocycles. The van der Waals surface area contributed by atoms with Crippen LogP contribution < -0.4 is 5.32 Å². The second-order valence-electron chi connectivity index (χ2n) is 5.67. The SMILES string of the molecule is CCN(CCc1ccccc1)C(=O)c1ccc2c(c1)NC(=O)CS2. The van der Waals surface area contributed by atoms with Gasteiger partial charge in [-0.3, -0.25) is 9.59 Å². The molecular formula is C19H20N2O2S. The summed E-state index contributed by atoms with van der Waals surface area (Å²) in [6.07, 6.45) is 0.831. The number of carbonyl (C=O) groups excluding carboxylic acids is 2. The number of hydrogen-bond acceptors (Lipinski definition) is 3. The van der Waals surface area contributed by atoms with E-state index in [4.69, 9.17) is 0 Å². The van der Waals surface area contributed by atoms with Crippen LogP contribution in [0.3, 0.4) is 0 Å². The number of rotatable bonds is 5. The second-order valence-corrected chi connectivity index (χ2v) is 6.69. The van der Waals surface area contributed by atoms with Gasteiger partial charge in [0.05, 0.1) is 11.4 Å². The fourth-order valence-corrected chi connectivity index (χ4v) is 3.50. The van der Waals surface area contributed by atoms with Gasteiger partial charge >= 0.3 is 0 Å². The second kappa shape index (κ2) is 7.53. The van der Waals surface area contributed by atoms with Gasteiger partial charge in [-0.2, -0.15) is 0 Å². The van der Waals surface area contributed by atoms with Crippen LogP contribution >= 0.6 is 11.8 Å². The summed E-state index contributed by atoms with van der Waals surface area (Å²) in [5, 5.41) is 2.84. The summed E-state index contributed by atoms with van der Waals surface area (Å²) in [5.41, 5.74) is 2.57. The van der Waals surface area contributed by atoms with Crippen LogP contribution in [0.1, 0.15) is 22.8 Å². The van der Waals surface area contributed by atoms with Crippen LogP contribution in [0.5, 0.6) is 0 Å². The minimum absolute atomic E-state index is 0.000976. The number of hydrogen-bond donors (Lipinski definition) is 1. The lowest BCUT2D eigenvalue weighted by Crippen LogP contribution is -2.33. The molecule has 0 radical (unpaired) electrons. The van der Waals surface area contributed by atoms with Gasteiger partial charge in [0.25, 0.3) is 5.91 Å². The van der Waals surface area contributed by atoms with E-state index in [-0.39, 0.29) is 11.8 Å². The van der Waals surface area contributed by atoms with Crippen molar-refractivity contribution < 1.29 is 9.59 Å². The van der Waals surface area contributed by atoms with E-state index in [9.17, 15) is 9.59 Å². The maximum Gasteiger partial charge on any atom is 0.253 e. The summed E-state index contributed by atoms with van der Waals surface area (Å²) in [6.45, 7) is 3.32. The normalized spacial score (nSPS) is 13.1. The number of amides is 2. The van der Waals surface area contributed by atoms with E-state index < -0.39 is 0 Å². The highest BCUT2D eigenvalue weighted by Gasteiger charge is 2.19. The minimum atomic E-state index is -0.0199. The van der Waals surface area contributed by atoms with Gasteiger partial charge in [0.1, 0.15) is 0 Å². The van der Waals surface area contributed by atoms with Crippen LogP contribution in [0.2, 0.25) is 0 Å². The van der Waals surface area contributed by atoms with Crippen molar-refractivity contribution >= 4 is 29.3 Å². The van der Waals surface area contributed by atoms with Gasteiger partial charge in [0.15, 0.2) is 0 Å². The molecule has 0 aromatic heterocycles. The molecule has 1 heterocycles. The van der Waals surface area contributed by atoms with Crippen LogP contribution in [0.25, 0.3) is 0 Å². The average Bonchev–Trinajstić information content (AvgIpc) is 2.62. The zero-order valence-electron chi connectivity index (χ0n) is 13.6. The monoisotopic (exact) mass is 340 g/mol. The molecule has 0 saturated carbocycles. The van der Waals surface area contributed by atoms with Crippen molar-refractivity contribution in [3.05, 3.63) is 59.7 Å². The van der Waals surface area contributed by atoms with Crippen molar-refractivity contribution in [1.29, 1.82) is 0 Å². The number of benzene rings is 2. The quantitative estimate of drug-likeness (QED) is 0.907. The average molecular weight is 340 g/mol. The summed E-state index contributed by atoms with van der Waals surface area (Å²) in [5.74, 6) is 0.410. The van der Waals surface area contributed by atoms with E-state index in [1.54, 1.807) is 6.07 Å². The standard InChI is InChI=1S/C19H20N2O2S/c1-2-21(11-10-14-6-4-3-5-7-14)19(23)15-8-9-17-16(12-15)20-18(22)13-24-17/h3-9,12H,2,10-11,13H2,1H3,(H,20,22). The lowest BCUT2D eigenvalue weighted by molar-refractivity contribution is -0.113. The Labute approximate surface area is 146 Å². The fraction of sp³-hybridized carbons (Fsp3) is 0.263. The number of anilines is 1. The maximum atomic E-state index is 12.8. The van der Waals surface area contributed by atoms with Crippen LogP contribution in [0, 0.1) is 0 Å². The number of thioether (sulfide) groups is 1. The molecule has 0 spiro atoms. The Morgan fingerprint density at radius 2 is 2.00 bits per heavy atom. The lowest BCUT2D eigenvalue weighted by atomic mass is 10.1. The molecular weight excluding hydrogens is 320 g/mol. The van der Waals surface area contributed by atoms with Crippen molar-refractivity contribution in [2.45, 2.75) is 18.2 Å². The third kappa shape index (κ3) is 3.79. The topological polar surface area (TPSA) is 49.4 Å². The zero-order chi connectivity index (χ0) is 16.9. The summed E-state index contributed by atoms with van der Waals surface area (Å²) < 4.78 is 0. The highest BCUT2D eigenvalue weighted by molar-refractivity contribution is 8.00. The zero-order valence-corrected chi connectivity index (χ0v) is 14.4. The van der Waals surface area contributed by atoms with Crippen molar-refractivity contribution in [3.63, 3.8) is 0 Å². The Balaban J connectivity index is 1.71. The van der Waals surface area contributed by atoms with Crippen LogP contribution in [-0.4, -0.2) is 35.6 Å². The molecule has 3 rings (SSSR count). The van der Waals surface area contributed by atoms with E-state index in [0.717, 1.165) is 17.0 Å². The van der Waals surface area contributed by atoms with Gasteiger partial charge in [-0.15, -0.1) is 11.8 Å². The van der Waals surface area contributed by atoms with Crippen molar-refractivity contribution in [1.82, 2.24) is 4.90 Å².